The van der Waals surface area contributed by atoms with Crippen LogP contribution in [0.4, 0.5) is 5.69 Å². The van der Waals surface area contributed by atoms with E-state index < -0.39 is 0 Å². The van der Waals surface area contributed by atoms with Gasteiger partial charge in [0.05, 0.1) is 31.0 Å². The van der Waals surface area contributed by atoms with E-state index in [0.29, 0.717) is 33.8 Å². The standard InChI is InChI=1S/C20H24Cl2N2O3/c1-13(20(25)23-17-12-15(21)6-7-16(17)22)24(2)10-9-14-5-8-18(26-3)19(11-14)27-4/h5-8,11-13H,9-10H2,1-4H3,(H,23,25)/t13-/m0/s1. The molecule has 0 aliphatic rings. The van der Waals surface area contributed by atoms with Crippen molar-refractivity contribution in [2.24, 2.45) is 0 Å². The molecular weight excluding hydrogens is 387 g/mol. The molecule has 0 aliphatic carbocycles. The van der Waals surface area contributed by atoms with E-state index >= 15 is 0 Å². The minimum Gasteiger partial charge on any atom is -0.493 e. The fourth-order valence-corrected chi connectivity index (χ4v) is 2.90. The number of rotatable bonds is 8. The molecule has 2 rings (SSSR count). The summed E-state index contributed by atoms with van der Waals surface area (Å²) in [7, 11) is 5.13. The molecule has 0 aliphatic heterocycles. The van der Waals surface area contributed by atoms with Gasteiger partial charge in [-0.05, 0) is 56.3 Å². The molecule has 0 saturated heterocycles. The maximum Gasteiger partial charge on any atom is 0.241 e. The first-order valence-electron chi connectivity index (χ1n) is 8.52. The summed E-state index contributed by atoms with van der Waals surface area (Å²) in [4.78, 5) is 14.5. The highest BCUT2D eigenvalue weighted by Crippen LogP contribution is 2.28. The maximum atomic E-state index is 12.5. The molecule has 7 heteroatoms. The number of anilines is 1. The summed E-state index contributed by atoms with van der Waals surface area (Å²) in [6.07, 6.45) is 0.770. The minimum atomic E-state index is -0.333. The Morgan fingerprint density at radius 1 is 1.11 bits per heavy atom. The van der Waals surface area contributed by atoms with Gasteiger partial charge in [0.25, 0.3) is 0 Å². The van der Waals surface area contributed by atoms with Gasteiger partial charge in [-0.2, -0.15) is 0 Å². The van der Waals surface area contributed by atoms with Gasteiger partial charge < -0.3 is 14.8 Å². The quantitative estimate of drug-likeness (QED) is 0.695. The van der Waals surface area contributed by atoms with Crippen LogP contribution < -0.4 is 14.8 Å². The molecular formula is C20H24Cl2N2O3. The minimum absolute atomic E-state index is 0.144. The topological polar surface area (TPSA) is 50.8 Å². The first-order chi connectivity index (χ1) is 12.8. The molecule has 0 fully saturated rings. The van der Waals surface area contributed by atoms with Crippen molar-refractivity contribution in [3.05, 3.63) is 52.0 Å². The van der Waals surface area contributed by atoms with Gasteiger partial charge in [-0.3, -0.25) is 9.69 Å². The highest BCUT2D eigenvalue weighted by atomic mass is 35.5. The average molecular weight is 411 g/mol. The van der Waals surface area contributed by atoms with E-state index in [1.54, 1.807) is 32.4 Å². The number of methoxy groups -OCH3 is 2. The monoisotopic (exact) mass is 410 g/mol. The van der Waals surface area contributed by atoms with Crippen LogP contribution >= 0.6 is 23.2 Å². The lowest BCUT2D eigenvalue weighted by Crippen LogP contribution is -2.40. The number of hydrogen-bond acceptors (Lipinski definition) is 4. The van der Waals surface area contributed by atoms with Gasteiger partial charge in [-0.15, -0.1) is 0 Å². The van der Waals surface area contributed by atoms with Crippen molar-refractivity contribution in [3.63, 3.8) is 0 Å². The van der Waals surface area contributed by atoms with E-state index in [1.807, 2.05) is 37.1 Å². The average Bonchev–Trinajstić information content (AvgIpc) is 2.67. The largest absolute Gasteiger partial charge is 0.493 e. The Morgan fingerprint density at radius 2 is 1.81 bits per heavy atom. The lowest BCUT2D eigenvalue weighted by Gasteiger charge is -2.24. The zero-order valence-corrected chi connectivity index (χ0v) is 17.4. The molecule has 1 amide bonds. The van der Waals surface area contributed by atoms with Gasteiger partial charge in [0, 0.05) is 11.6 Å². The Hall–Kier alpha value is -1.95. The number of ether oxygens (including phenoxy) is 2. The molecule has 27 heavy (non-hydrogen) atoms. The van der Waals surface area contributed by atoms with Crippen LogP contribution in [0.3, 0.4) is 0 Å². The number of amides is 1. The molecule has 0 unspecified atom stereocenters. The normalized spacial score (nSPS) is 12.0. The summed E-state index contributed by atoms with van der Waals surface area (Å²) in [6.45, 7) is 2.55. The first-order valence-corrected chi connectivity index (χ1v) is 9.28. The molecule has 0 bridgehead atoms. The fraction of sp³-hybridized carbons (Fsp3) is 0.350. The Balaban J connectivity index is 1.95. The Labute approximate surface area is 170 Å². The lowest BCUT2D eigenvalue weighted by atomic mass is 10.1. The van der Waals surface area contributed by atoms with Crippen molar-refractivity contribution in [2.45, 2.75) is 19.4 Å². The van der Waals surface area contributed by atoms with Crippen LogP contribution in [0.2, 0.25) is 10.0 Å². The van der Waals surface area contributed by atoms with E-state index in [9.17, 15) is 4.79 Å². The Kier molecular flexibility index (Phi) is 7.78. The third-order valence-electron chi connectivity index (χ3n) is 4.43. The van der Waals surface area contributed by atoms with Crippen LogP contribution in [0.15, 0.2) is 36.4 Å². The third-order valence-corrected chi connectivity index (χ3v) is 4.99. The van der Waals surface area contributed by atoms with E-state index in [4.69, 9.17) is 32.7 Å². The number of likely N-dealkylation sites (N-methyl/N-ethyl adjacent to an activating group) is 1. The fourth-order valence-electron chi connectivity index (χ4n) is 2.57. The van der Waals surface area contributed by atoms with Crippen molar-refractivity contribution in [1.29, 1.82) is 0 Å². The number of benzene rings is 2. The molecule has 0 aromatic heterocycles. The second-order valence-electron chi connectivity index (χ2n) is 6.21. The zero-order chi connectivity index (χ0) is 20.0. The van der Waals surface area contributed by atoms with Gasteiger partial charge in [0.1, 0.15) is 0 Å². The Bertz CT molecular complexity index is 799. The van der Waals surface area contributed by atoms with E-state index in [-0.39, 0.29) is 11.9 Å². The molecule has 0 spiro atoms. The van der Waals surface area contributed by atoms with Crippen molar-refractivity contribution >= 4 is 34.8 Å². The molecule has 2 aromatic rings. The lowest BCUT2D eigenvalue weighted by molar-refractivity contribution is -0.120. The second-order valence-corrected chi connectivity index (χ2v) is 7.05. The van der Waals surface area contributed by atoms with Crippen molar-refractivity contribution in [1.82, 2.24) is 4.90 Å². The Morgan fingerprint density at radius 3 is 2.48 bits per heavy atom. The van der Waals surface area contributed by atoms with Gasteiger partial charge in [-0.1, -0.05) is 29.3 Å². The molecule has 1 N–H and O–H groups in total. The van der Waals surface area contributed by atoms with Crippen LogP contribution in [0, 0.1) is 0 Å². The van der Waals surface area contributed by atoms with E-state index in [2.05, 4.69) is 5.32 Å². The van der Waals surface area contributed by atoms with Crippen LogP contribution in [0.1, 0.15) is 12.5 Å². The van der Waals surface area contributed by atoms with Gasteiger partial charge in [0.2, 0.25) is 5.91 Å². The number of carbonyl (C=O) groups excluding carboxylic acids is 1. The smallest absolute Gasteiger partial charge is 0.241 e. The van der Waals surface area contributed by atoms with E-state index in [1.165, 1.54) is 0 Å². The second kappa shape index (κ2) is 9.83. The molecule has 146 valence electrons. The van der Waals surface area contributed by atoms with Gasteiger partial charge in [-0.25, -0.2) is 0 Å². The van der Waals surface area contributed by atoms with E-state index in [0.717, 1.165) is 12.0 Å². The number of nitrogens with one attached hydrogen (secondary N) is 1. The van der Waals surface area contributed by atoms with Gasteiger partial charge in [0.15, 0.2) is 11.5 Å². The number of hydrogen-bond donors (Lipinski definition) is 1. The molecule has 0 heterocycles. The summed E-state index contributed by atoms with van der Waals surface area (Å²) in [5.41, 5.74) is 1.61. The van der Waals surface area contributed by atoms with Gasteiger partial charge >= 0.3 is 0 Å². The summed E-state index contributed by atoms with van der Waals surface area (Å²) >= 11 is 12.1. The van der Waals surface area contributed by atoms with Crippen LogP contribution in [-0.4, -0.2) is 44.7 Å². The first kappa shape index (κ1) is 21.4. The SMILES string of the molecule is COc1ccc(CCN(C)[C@@H](C)C(=O)Nc2cc(Cl)ccc2Cl)cc1OC. The number of nitrogens with zero attached hydrogens (tertiary/aromatic N) is 1. The number of carbonyl (C=O) groups is 1. The molecule has 5 nitrogen and oxygen atoms in total. The zero-order valence-electron chi connectivity index (χ0n) is 15.9. The summed E-state index contributed by atoms with van der Waals surface area (Å²) in [5.74, 6) is 1.24. The van der Waals surface area contributed by atoms with Crippen LogP contribution in [0.5, 0.6) is 11.5 Å². The molecule has 0 radical (unpaired) electrons. The third kappa shape index (κ3) is 5.76. The highest BCUT2D eigenvalue weighted by Gasteiger charge is 2.19. The number of halogens is 2. The van der Waals surface area contributed by atoms with Crippen LogP contribution in [-0.2, 0) is 11.2 Å². The predicted molar refractivity (Wildman–Crippen MR) is 110 cm³/mol. The predicted octanol–water partition coefficient (Wildman–Crippen LogP) is 4.51. The molecule has 1 atom stereocenters. The summed E-state index contributed by atoms with van der Waals surface area (Å²) in [6, 6.07) is 10.5. The van der Waals surface area contributed by atoms with Crippen molar-refractivity contribution in [2.75, 3.05) is 33.1 Å². The molecule has 2 aromatic carbocycles. The maximum absolute atomic E-state index is 12.5. The van der Waals surface area contributed by atoms with Crippen molar-refractivity contribution < 1.29 is 14.3 Å². The summed E-state index contributed by atoms with van der Waals surface area (Å²) in [5, 5.41) is 3.80. The molecule has 0 saturated carbocycles. The van der Waals surface area contributed by atoms with Crippen molar-refractivity contribution in [3.8, 4) is 11.5 Å². The van der Waals surface area contributed by atoms with Crippen LogP contribution in [0.25, 0.3) is 0 Å². The highest BCUT2D eigenvalue weighted by molar-refractivity contribution is 6.35. The summed E-state index contributed by atoms with van der Waals surface area (Å²) < 4.78 is 10.6.